The van der Waals surface area contributed by atoms with Crippen LogP contribution >= 0.6 is 58.0 Å². The van der Waals surface area contributed by atoms with Crippen molar-refractivity contribution in [3.63, 3.8) is 0 Å². The zero-order valence-corrected chi connectivity index (χ0v) is 20.4. The van der Waals surface area contributed by atoms with E-state index < -0.39 is 16.2 Å². The Balaban J connectivity index is 1.77. The Hall–Kier alpha value is -1.21. The quantitative estimate of drug-likeness (QED) is 0.460. The summed E-state index contributed by atoms with van der Waals surface area (Å²) in [6.07, 6.45) is 0. The third-order valence-electron chi connectivity index (χ3n) is 5.02. The number of ether oxygens (including phenoxy) is 1. The number of anilines is 1. The first-order valence-corrected chi connectivity index (χ1v) is 11.1. The molecule has 2 atom stereocenters. The van der Waals surface area contributed by atoms with Crippen LogP contribution < -0.4 is 5.32 Å². The van der Waals surface area contributed by atoms with Gasteiger partial charge in [0.25, 0.3) is 5.91 Å². The second kappa shape index (κ2) is 9.74. The molecule has 5 nitrogen and oxygen atoms in total. The largest absolute Gasteiger partial charge is 0.383 e. The van der Waals surface area contributed by atoms with Crippen molar-refractivity contribution in [1.82, 2.24) is 4.90 Å². The summed E-state index contributed by atoms with van der Waals surface area (Å²) in [6.45, 7) is 0.787. The molecule has 1 aliphatic carbocycles. The number of hydrogen-bond acceptors (Lipinski definition) is 3. The summed E-state index contributed by atoms with van der Waals surface area (Å²) in [5.41, 5.74) is 1.33. The first kappa shape index (κ1) is 24.4. The first-order chi connectivity index (χ1) is 14.6. The van der Waals surface area contributed by atoms with Crippen molar-refractivity contribution in [3.8, 4) is 0 Å². The van der Waals surface area contributed by atoms with Crippen LogP contribution in [0.3, 0.4) is 0 Å². The van der Waals surface area contributed by atoms with Crippen molar-refractivity contribution in [3.05, 3.63) is 62.6 Å². The lowest BCUT2D eigenvalue weighted by Crippen LogP contribution is -2.30. The van der Waals surface area contributed by atoms with Crippen LogP contribution in [0, 0.1) is 5.92 Å². The third-order valence-corrected chi connectivity index (χ3v) is 6.73. The zero-order chi connectivity index (χ0) is 22.9. The van der Waals surface area contributed by atoms with Gasteiger partial charge in [-0.1, -0.05) is 34.8 Å². The van der Waals surface area contributed by atoms with Crippen molar-refractivity contribution >= 4 is 75.5 Å². The number of hydrogen-bond donors (Lipinski definition) is 1. The molecule has 0 bridgehead atoms. The van der Waals surface area contributed by atoms with Crippen LogP contribution in [0.15, 0.2) is 36.4 Å². The lowest BCUT2D eigenvalue weighted by atomic mass is 10.1. The summed E-state index contributed by atoms with van der Waals surface area (Å²) in [5, 5.41) is 3.89. The van der Waals surface area contributed by atoms with Crippen LogP contribution in [-0.2, 0) is 9.53 Å². The predicted molar refractivity (Wildman–Crippen MR) is 126 cm³/mol. The monoisotopic (exact) mass is 522 g/mol. The van der Waals surface area contributed by atoms with E-state index in [4.69, 9.17) is 62.7 Å². The second-order valence-electron chi connectivity index (χ2n) is 7.24. The molecule has 0 heterocycles. The molecule has 0 unspecified atom stereocenters. The summed E-state index contributed by atoms with van der Waals surface area (Å²) in [5.74, 6) is -1.87. The van der Waals surface area contributed by atoms with E-state index in [1.165, 1.54) is 11.0 Å². The van der Waals surface area contributed by atoms with Gasteiger partial charge in [-0.3, -0.25) is 9.59 Å². The average Bonchev–Trinajstić information content (AvgIpc) is 3.28. The van der Waals surface area contributed by atoms with Crippen molar-refractivity contribution < 1.29 is 14.3 Å². The van der Waals surface area contributed by atoms with E-state index >= 15 is 0 Å². The van der Waals surface area contributed by atoms with E-state index in [9.17, 15) is 9.59 Å². The van der Waals surface area contributed by atoms with E-state index in [1.54, 1.807) is 44.5 Å². The summed E-state index contributed by atoms with van der Waals surface area (Å²) >= 11 is 31.1. The lowest BCUT2D eigenvalue weighted by molar-refractivity contribution is -0.117. The predicted octanol–water partition coefficient (Wildman–Crippen LogP) is 5.89. The van der Waals surface area contributed by atoms with Crippen LogP contribution in [0.2, 0.25) is 15.1 Å². The van der Waals surface area contributed by atoms with Crippen LogP contribution in [0.4, 0.5) is 5.69 Å². The Morgan fingerprint density at radius 3 is 2.35 bits per heavy atom. The molecule has 1 fully saturated rings. The highest BCUT2D eigenvalue weighted by Gasteiger charge is 2.67. The molecule has 1 aliphatic rings. The Bertz CT molecular complexity index is 994. The summed E-state index contributed by atoms with van der Waals surface area (Å²) in [4.78, 5) is 27.0. The summed E-state index contributed by atoms with van der Waals surface area (Å²) in [7, 11) is 3.20. The Morgan fingerprint density at radius 1 is 1.10 bits per heavy atom. The van der Waals surface area contributed by atoms with Gasteiger partial charge in [-0.15, -0.1) is 23.2 Å². The molecule has 0 radical (unpaired) electrons. The zero-order valence-electron chi connectivity index (χ0n) is 16.6. The third kappa shape index (κ3) is 5.41. The molecule has 0 saturated heterocycles. The van der Waals surface area contributed by atoms with Gasteiger partial charge in [0.2, 0.25) is 5.91 Å². The molecule has 166 valence electrons. The van der Waals surface area contributed by atoms with Gasteiger partial charge in [-0.25, -0.2) is 0 Å². The van der Waals surface area contributed by atoms with Crippen molar-refractivity contribution in [2.45, 2.75) is 10.3 Å². The van der Waals surface area contributed by atoms with Gasteiger partial charge < -0.3 is 15.0 Å². The number of carbonyl (C=O) groups is 2. The molecule has 10 heteroatoms. The van der Waals surface area contributed by atoms with Crippen LogP contribution in [-0.4, -0.2) is 48.4 Å². The molecule has 31 heavy (non-hydrogen) atoms. The second-order valence-corrected chi connectivity index (χ2v) is 9.96. The number of nitrogens with zero attached hydrogens (tertiary/aromatic N) is 1. The first-order valence-electron chi connectivity index (χ1n) is 9.25. The van der Waals surface area contributed by atoms with Gasteiger partial charge in [0, 0.05) is 42.4 Å². The normalized spacial score (nSPS) is 19.1. The number of halogens is 5. The highest BCUT2D eigenvalue weighted by Crippen LogP contribution is 2.65. The SMILES string of the molecule is COCCN(C)C(=O)c1cc(NC(=O)[C@H]2[C@H](c3cc(Cl)cc(Cl)c3)C2(Cl)Cl)ccc1Cl. The number of methoxy groups -OCH3 is 1. The van der Waals surface area contributed by atoms with Gasteiger partial charge in [-0.05, 0) is 42.0 Å². The maximum Gasteiger partial charge on any atom is 0.255 e. The number of rotatable bonds is 7. The Morgan fingerprint density at radius 2 is 1.74 bits per heavy atom. The number of alkyl halides is 2. The van der Waals surface area contributed by atoms with Crippen LogP contribution in [0.1, 0.15) is 21.8 Å². The molecule has 0 aliphatic heterocycles. The fraction of sp³-hybridized carbons (Fsp3) is 0.333. The summed E-state index contributed by atoms with van der Waals surface area (Å²) < 4.78 is 3.69. The average molecular weight is 525 g/mol. The molecule has 2 aromatic rings. The minimum absolute atomic E-state index is 0.259. The molecule has 2 aromatic carbocycles. The minimum Gasteiger partial charge on any atom is -0.383 e. The van der Waals surface area contributed by atoms with E-state index in [0.717, 1.165) is 0 Å². The van der Waals surface area contributed by atoms with Crippen molar-refractivity contribution in [2.24, 2.45) is 5.92 Å². The van der Waals surface area contributed by atoms with Crippen molar-refractivity contribution in [1.29, 1.82) is 0 Å². The van der Waals surface area contributed by atoms with Gasteiger partial charge in [0.1, 0.15) is 4.33 Å². The van der Waals surface area contributed by atoms with E-state index in [-0.39, 0.29) is 22.4 Å². The van der Waals surface area contributed by atoms with Crippen LogP contribution in [0.25, 0.3) is 0 Å². The smallest absolute Gasteiger partial charge is 0.255 e. The molecule has 2 amide bonds. The number of likely N-dealkylation sites (N-methyl/N-ethyl adjacent to an activating group) is 1. The Labute approximate surface area is 205 Å². The molecule has 3 rings (SSSR count). The molecule has 1 saturated carbocycles. The number of nitrogens with one attached hydrogen (secondary N) is 1. The highest BCUT2D eigenvalue weighted by atomic mass is 35.5. The highest BCUT2D eigenvalue weighted by molar-refractivity contribution is 6.53. The maximum absolute atomic E-state index is 12.9. The molecular formula is C21H19Cl5N2O3. The number of benzene rings is 2. The van der Waals surface area contributed by atoms with Gasteiger partial charge >= 0.3 is 0 Å². The molecule has 0 aromatic heterocycles. The fourth-order valence-electron chi connectivity index (χ4n) is 3.34. The van der Waals surface area contributed by atoms with Gasteiger partial charge in [-0.2, -0.15) is 0 Å². The lowest BCUT2D eigenvalue weighted by Gasteiger charge is -2.18. The fourth-order valence-corrected chi connectivity index (χ4v) is 4.91. The molecule has 1 N–H and O–H groups in total. The van der Waals surface area contributed by atoms with Crippen molar-refractivity contribution in [2.75, 3.05) is 32.6 Å². The molecule has 0 spiro atoms. The number of carbonyl (C=O) groups excluding carboxylic acids is 2. The minimum atomic E-state index is -1.30. The topological polar surface area (TPSA) is 58.6 Å². The molecular weight excluding hydrogens is 506 g/mol. The summed E-state index contributed by atoms with van der Waals surface area (Å²) in [6, 6.07) is 9.61. The standard InChI is InChI=1S/C21H19Cl5N2O3/c1-28(5-6-31-2)20(30)15-10-14(3-4-16(15)24)27-19(29)18-17(21(18,25)26)11-7-12(22)9-13(23)8-11/h3-4,7-10,17-18H,5-6H2,1-2H3,(H,27,29)/t17-,18+/m0/s1. The van der Waals surface area contributed by atoms with E-state index in [0.29, 0.717) is 34.4 Å². The van der Waals surface area contributed by atoms with Gasteiger partial charge in [0.05, 0.1) is 23.1 Å². The number of amides is 2. The van der Waals surface area contributed by atoms with Crippen LogP contribution in [0.5, 0.6) is 0 Å². The Kier molecular flexibility index (Phi) is 7.67. The maximum atomic E-state index is 12.9. The van der Waals surface area contributed by atoms with E-state index in [2.05, 4.69) is 5.32 Å². The van der Waals surface area contributed by atoms with E-state index in [1.807, 2.05) is 0 Å². The van der Waals surface area contributed by atoms with Gasteiger partial charge in [0.15, 0.2) is 0 Å².